The summed E-state index contributed by atoms with van der Waals surface area (Å²) in [7, 11) is 3.16. The maximum atomic E-state index is 14.3. The summed E-state index contributed by atoms with van der Waals surface area (Å²) >= 11 is 1.45. The highest BCUT2D eigenvalue weighted by molar-refractivity contribution is 7.99. The largest absolute Gasteiger partial charge is 0.381 e. The first-order chi connectivity index (χ1) is 13.1. The fraction of sp³-hybridized carbons (Fsp3) is 0.381. The van der Waals surface area contributed by atoms with Crippen LogP contribution in [-0.4, -0.2) is 39.8 Å². The fourth-order valence-corrected chi connectivity index (χ4v) is 4.16. The molecule has 1 saturated heterocycles. The number of halogens is 1. The third-order valence-corrected chi connectivity index (χ3v) is 5.76. The van der Waals surface area contributed by atoms with Gasteiger partial charge in [-0.1, -0.05) is 23.9 Å². The van der Waals surface area contributed by atoms with Crippen LogP contribution in [0.5, 0.6) is 0 Å². The number of ketones is 1. The highest BCUT2D eigenvalue weighted by Crippen LogP contribution is 2.38. The average Bonchev–Trinajstić information content (AvgIpc) is 2.69. The Kier molecular flexibility index (Phi) is 6.65. The Morgan fingerprint density at radius 2 is 1.81 bits per heavy atom. The van der Waals surface area contributed by atoms with E-state index in [9.17, 15) is 9.18 Å². The molecule has 1 aliphatic rings. The lowest BCUT2D eigenvalue weighted by molar-refractivity contribution is -0.0950. The molecular weight excluding hydrogens is 367 g/mol. The second kappa shape index (κ2) is 8.97. The van der Waals surface area contributed by atoms with E-state index < -0.39 is 5.60 Å². The topological polar surface area (TPSA) is 44.8 Å². The van der Waals surface area contributed by atoms with Crippen LogP contribution < -0.4 is 0 Å². The van der Waals surface area contributed by atoms with Gasteiger partial charge in [0.2, 0.25) is 0 Å². The number of hydrogen-bond donors (Lipinski definition) is 0. The van der Waals surface area contributed by atoms with Crippen LogP contribution in [0.15, 0.2) is 52.3 Å². The SMILES string of the molecule is COCC(=O)c1ccc(Sc2cc(F)cc(C3(OC)CCOCC3)c2)cc1. The molecule has 0 atom stereocenters. The van der Waals surface area contributed by atoms with Gasteiger partial charge in [0.15, 0.2) is 5.78 Å². The molecule has 2 aromatic rings. The zero-order chi connectivity index (χ0) is 19.3. The molecule has 0 aliphatic carbocycles. The smallest absolute Gasteiger partial charge is 0.188 e. The van der Waals surface area contributed by atoms with E-state index >= 15 is 0 Å². The number of Topliss-reactive ketones (excluding diaryl/α,β-unsaturated/α-hetero) is 1. The highest BCUT2D eigenvalue weighted by Gasteiger charge is 2.35. The van der Waals surface area contributed by atoms with E-state index in [4.69, 9.17) is 14.2 Å². The van der Waals surface area contributed by atoms with Crippen molar-refractivity contribution < 1.29 is 23.4 Å². The number of carbonyl (C=O) groups excluding carboxylic acids is 1. The fourth-order valence-electron chi connectivity index (χ4n) is 3.26. The lowest BCUT2D eigenvalue weighted by atomic mass is 9.86. The van der Waals surface area contributed by atoms with Crippen molar-refractivity contribution in [3.63, 3.8) is 0 Å². The molecule has 4 nitrogen and oxygen atoms in total. The number of carbonyl (C=O) groups is 1. The second-order valence-electron chi connectivity index (χ2n) is 6.47. The van der Waals surface area contributed by atoms with Gasteiger partial charge in [-0.25, -0.2) is 4.39 Å². The Morgan fingerprint density at radius 3 is 2.44 bits per heavy atom. The first-order valence-corrected chi connectivity index (χ1v) is 9.62. The van der Waals surface area contributed by atoms with E-state index in [1.165, 1.54) is 24.9 Å². The number of rotatable bonds is 7. The summed E-state index contributed by atoms with van der Waals surface area (Å²) in [6.07, 6.45) is 1.40. The van der Waals surface area contributed by atoms with E-state index in [0.717, 1.165) is 15.4 Å². The third kappa shape index (κ3) is 4.76. The first kappa shape index (κ1) is 20.0. The first-order valence-electron chi connectivity index (χ1n) is 8.80. The normalized spacial score (nSPS) is 16.3. The van der Waals surface area contributed by atoms with E-state index in [0.29, 0.717) is 31.6 Å². The summed E-state index contributed by atoms with van der Waals surface area (Å²) in [5.74, 6) is -0.353. The molecule has 144 valence electrons. The molecule has 2 aromatic carbocycles. The summed E-state index contributed by atoms with van der Waals surface area (Å²) in [6.45, 7) is 1.26. The van der Waals surface area contributed by atoms with Crippen molar-refractivity contribution in [3.8, 4) is 0 Å². The quantitative estimate of drug-likeness (QED) is 0.653. The lowest BCUT2D eigenvalue weighted by Gasteiger charge is -2.36. The van der Waals surface area contributed by atoms with Gasteiger partial charge in [0.05, 0.1) is 5.60 Å². The summed E-state index contributed by atoms with van der Waals surface area (Å²) in [6, 6.07) is 12.3. The van der Waals surface area contributed by atoms with Gasteiger partial charge in [-0.05, 0) is 35.9 Å². The van der Waals surface area contributed by atoms with Crippen molar-refractivity contribution in [3.05, 3.63) is 59.4 Å². The van der Waals surface area contributed by atoms with Crippen molar-refractivity contribution in [2.24, 2.45) is 0 Å². The van der Waals surface area contributed by atoms with E-state index in [1.54, 1.807) is 25.3 Å². The molecule has 0 bridgehead atoms. The second-order valence-corrected chi connectivity index (χ2v) is 7.62. The van der Waals surface area contributed by atoms with Crippen molar-refractivity contribution in [2.45, 2.75) is 28.2 Å². The standard InChI is InChI=1S/C21H23FO4S/c1-24-14-20(23)15-3-5-18(6-4-15)27-19-12-16(11-17(22)13-19)21(25-2)7-9-26-10-8-21/h3-6,11-13H,7-10,14H2,1-2H3. The van der Waals surface area contributed by atoms with Gasteiger partial charge < -0.3 is 14.2 Å². The van der Waals surface area contributed by atoms with E-state index in [2.05, 4.69) is 0 Å². The molecule has 6 heteroatoms. The van der Waals surface area contributed by atoms with Crippen molar-refractivity contribution in [1.82, 2.24) is 0 Å². The average molecular weight is 390 g/mol. The minimum absolute atomic E-state index is 0.0581. The molecule has 0 aromatic heterocycles. The molecule has 0 saturated carbocycles. The maximum Gasteiger partial charge on any atom is 0.188 e. The van der Waals surface area contributed by atoms with Crippen LogP contribution in [0.3, 0.4) is 0 Å². The van der Waals surface area contributed by atoms with Crippen LogP contribution in [0.1, 0.15) is 28.8 Å². The molecule has 0 spiro atoms. The Labute approximate surface area is 163 Å². The van der Waals surface area contributed by atoms with Crippen LogP contribution in [0.25, 0.3) is 0 Å². The predicted octanol–water partition coefficient (Wildman–Crippen LogP) is 4.46. The summed E-state index contributed by atoms with van der Waals surface area (Å²) in [4.78, 5) is 13.6. The Bertz CT molecular complexity index is 785. The third-order valence-electron chi connectivity index (χ3n) is 4.78. The Morgan fingerprint density at radius 1 is 1.11 bits per heavy atom. The molecule has 1 heterocycles. The number of ether oxygens (including phenoxy) is 3. The van der Waals surface area contributed by atoms with Gasteiger partial charge in [-0.3, -0.25) is 4.79 Å². The zero-order valence-corrected chi connectivity index (χ0v) is 16.3. The predicted molar refractivity (Wildman–Crippen MR) is 102 cm³/mol. The summed E-state index contributed by atoms with van der Waals surface area (Å²) < 4.78 is 30.4. The van der Waals surface area contributed by atoms with Gasteiger partial charge >= 0.3 is 0 Å². The Balaban J connectivity index is 1.81. The van der Waals surface area contributed by atoms with E-state index in [1.807, 2.05) is 18.2 Å². The summed E-state index contributed by atoms with van der Waals surface area (Å²) in [5, 5.41) is 0. The lowest BCUT2D eigenvalue weighted by Crippen LogP contribution is -2.35. The monoisotopic (exact) mass is 390 g/mol. The molecular formula is C21H23FO4S. The number of benzene rings is 2. The number of methoxy groups -OCH3 is 2. The van der Waals surface area contributed by atoms with Gasteiger partial charge in [-0.2, -0.15) is 0 Å². The van der Waals surface area contributed by atoms with Crippen molar-refractivity contribution in [1.29, 1.82) is 0 Å². The minimum atomic E-state index is -0.508. The maximum absolute atomic E-state index is 14.3. The van der Waals surface area contributed by atoms with Gasteiger partial charge in [0.1, 0.15) is 12.4 Å². The van der Waals surface area contributed by atoms with Gasteiger partial charge in [0.25, 0.3) is 0 Å². The Hall–Kier alpha value is -1.73. The molecule has 0 unspecified atom stereocenters. The molecule has 0 amide bonds. The van der Waals surface area contributed by atoms with Crippen LogP contribution >= 0.6 is 11.8 Å². The molecule has 1 fully saturated rings. The van der Waals surface area contributed by atoms with Crippen LogP contribution in [0.2, 0.25) is 0 Å². The van der Waals surface area contributed by atoms with Crippen molar-refractivity contribution >= 4 is 17.5 Å². The van der Waals surface area contributed by atoms with Crippen molar-refractivity contribution in [2.75, 3.05) is 34.0 Å². The zero-order valence-electron chi connectivity index (χ0n) is 15.5. The summed E-state index contributed by atoms with van der Waals surface area (Å²) in [5.41, 5.74) is 0.927. The molecule has 3 rings (SSSR count). The van der Waals surface area contributed by atoms with Crippen LogP contribution in [-0.2, 0) is 19.8 Å². The number of hydrogen-bond acceptors (Lipinski definition) is 5. The molecule has 0 radical (unpaired) electrons. The molecule has 1 aliphatic heterocycles. The van der Waals surface area contributed by atoms with E-state index in [-0.39, 0.29) is 18.2 Å². The minimum Gasteiger partial charge on any atom is -0.381 e. The molecule has 0 N–H and O–H groups in total. The highest BCUT2D eigenvalue weighted by atomic mass is 32.2. The van der Waals surface area contributed by atoms with Gasteiger partial charge in [0, 0.05) is 55.6 Å². The van der Waals surface area contributed by atoms with Gasteiger partial charge in [-0.15, -0.1) is 0 Å². The van der Waals surface area contributed by atoms with Crippen LogP contribution in [0.4, 0.5) is 4.39 Å². The molecule has 27 heavy (non-hydrogen) atoms. The van der Waals surface area contributed by atoms with Crippen LogP contribution in [0, 0.1) is 5.82 Å².